The maximum atomic E-state index is 12.4. The number of methoxy groups -OCH3 is 1. The average Bonchev–Trinajstić information content (AvgIpc) is 2.77. The minimum atomic E-state index is -0.466. The van der Waals surface area contributed by atoms with Crippen molar-refractivity contribution in [3.8, 4) is 11.5 Å². The Morgan fingerprint density at radius 1 is 0.862 bits per heavy atom. The Morgan fingerprint density at radius 2 is 1.55 bits per heavy atom. The van der Waals surface area contributed by atoms with E-state index in [1.165, 1.54) is 0 Å². The lowest BCUT2D eigenvalue weighted by Crippen LogP contribution is -2.15. The summed E-state index contributed by atoms with van der Waals surface area (Å²) in [6.45, 7) is -0.00924. The number of benzene rings is 3. The summed E-state index contributed by atoms with van der Waals surface area (Å²) in [6.07, 6.45) is 0. The highest BCUT2D eigenvalue weighted by Crippen LogP contribution is 2.24. The quantitative estimate of drug-likeness (QED) is 0.586. The van der Waals surface area contributed by atoms with Gasteiger partial charge in [0, 0.05) is 5.56 Å². The van der Waals surface area contributed by atoms with E-state index >= 15 is 0 Å². The van der Waals surface area contributed by atoms with E-state index in [4.69, 9.17) is 14.2 Å². The fourth-order valence-electron chi connectivity index (χ4n) is 2.57. The highest BCUT2D eigenvalue weighted by Gasteiger charge is 2.10. The van der Waals surface area contributed by atoms with Crippen LogP contribution in [0.1, 0.15) is 15.9 Å². The van der Waals surface area contributed by atoms with Gasteiger partial charge >= 0.3 is 5.97 Å². The van der Waals surface area contributed by atoms with Gasteiger partial charge in [-0.3, -0.25) is 4.79 Å². The zero-order valence-corrected chi connectivity index (χ0v) is 16.0. The van der Waals surface area contributed by atoms with E-state index in [-0.39, 0.29) is 19.1 Å². The van der Waals surface area contributed by atoms with Gasteiger partial charge in [0.25, 0.3) is 5.91 Å². The van der Waals surface area contributed by atoms with Crippen LogP contribution in [0.5, 0.6) is 11.5 Å². The third kappa shape index (κ3) is 5.84. The van der Waals surface area contributed by atoms with E-state index in [1.54, 1.807) is 43.5 Å². The highest BCUT2D eigenvalue weighted by atomic mass is 16.6. The molecule has 0 aliphatic rings. The summed E-state index contributed by atoms with van der Waals surface area (Å²) in [4.78, 5) is 24.2. The molecular formula is C23H21NO5. The summed E-state index contributed by atoms with van der Waals surface area (Å²) in [5.41, 5.74) is 1.95. The number of anilines is 1. The summed E-state index contributed by atoms with van der Waals surface area (Å²) >= 11 is 0. The molecule has 0 unspecified atom stereocenters. The van der Waals surface area contributed by atoms with Crippen molar-refractivity contribution in [1.29, 1.82) is 0 Å². The van der Waals surface area contributed by atoms with Gasteiger partial charge in [-0.05, 0) is 42.0 Å². The minimum absolute atomic E-state index is 0.199. The van der Waals surface area contributed by atoms with Crippen molar-refractivity contribution in [2.75, 3.05) is 19.0 Å². The third-order valence-electron chi connectivity index (χ3n) is 4.07. The predicted octanol–water partition coefficient (Wildman–Crippen LogP) is 4.07. The van der Waals surface area contributed by atoms with Gasteiger partial charge in [0.05, 0.1) is 12.8 Å². The van der Waals surface area contributed by atoms with E-state index in [0.717, 1.165) is 5.56 Å². The molecule has 0 fully saturated rings. The molecular weight excluding hydrogens is 370 g/mol. The van der Waals surface area contributed by atoms with Crippen molar-refractivity contribution < 1.29 is 23.8 Å². The van der Waals surface area contributed by atoms with Crippen molar-refractivity contribution in [2.24, 2.45) is 0 Å². The molecule has 0 bridgehead atoms. The molecule has 3 rings (SSSR count). The molecule has 148 valence electrons. The van der Waals surface area contributed by atoms with Crippen molar-refractivity contribution >= 4 is 17.6 Å². The van der Waals surface area contributed by atoms with E-state index in [2.05, 4.69) is 5.32 Å². The van der Waals surface area contributed by atoms with Crippen molar-refractivity contribution in [1.82, 2.24) is 0 Å². The standard InChI is InChI=1S/C23H21NO5/c1-27-21-10-6-5-9-20(21)24-23(26)18-11-13-19(14-12-18)28-16-22(25)29-15-17-7-3-2-4-8-17/h2-14H,15-16H2,1H3,(H,24,26). The van der Waals surface area contributed by atoms with Gasteiger partial charge in [-0.2, -0.15) is 0 Å². The van der Waals surface area contributed by atoms with Crippen LogP contribution >= 0.6 is 0 Å². The molecule has 0 aliphatic carbocycles. The molecule has 1 amide bonds. The molecule has 0 spiro atoms. The molecule has 0 saturated carbocycles. The Bertz CT molecular complexity index is 955. The molecule has 0 heterocycles. The van der Waals surface area contributed by atoms with Gasteiger partial charge in [0.15, 0.2) is 6.61 Å². The van der Waals surface area contributed by atoms with Crippen LogP contribution in [0.25, 0.3) is 0 Å². The molecule has 0 radical (unpaired) electrons. The fraction of sp³-hybridized carbons (Fsp3) is 0.130. The molecule has 0 aromatic heterocycles. The first-order valence-corrected chi connectivity index (χ1v) is 9.02. The number of para-hydroxylation sites is 2. The second-order valence-electron chi connectivity index (χ2n) is 6.11. The van der Waals surface area contributed by atoms with Crippen LogP contribution in [0.2, 0.25) is 0 Å². The monoisotopic (exact) mass is 391 g/mol. The smallest absolute Gasteiger partial charge is 0.344 e. The van der Waals surface area contributed by atoms with E-state index in [1.807, 2.05) is 42.5 Å². The summed E-state index contributed by atoms with van der Waals surface area (Å²) in [6, 6.07) is 23.1. The molecule has 1 N–H and O–H groups in total. The van der Waals surface area contributed by atoms with Gasteiger partial charge in [0.2, 0.25) is 0 Å². The first-order chi connectivity index (χ1) is 14.2. The van der Waals surface area contributed by atoms with Gasteiger partial charge in [-0.15, -0.1) is 0 Å². The van der Waals surface area contributed by atoms with Gasteiger partial charge in [-0.25, -0.2) is 4.79 Å². The van der Waals surface area contributed by atoms with Crippen molar-refractivity contribution in [2.45, 2.75) is 6.61 Å². The van der Waals surface area contributed by atoms with E-state index < -0.39 is 5.97 Å². The number of ether oxygens (including phenoxy) is 3. The molecule has 3 aromatic rings. The fourth-order valence-corrected chi connectivity index (χ4v) is 2.57. The van der Waals surface area contributed by atoms with Gasteiger partial charge in [0.1, 0.15) is 18.1 Å². The van der Waals surface area contributed by atoms with Crippen LogP contribution in [0.4, 0.5) is 5.69 Å². The number of hydrogen-bond acceptors (Lipinski definition) is 5. The van der Waals surface area contributed by atoms with Gasteiger partial charge in [-0.1, -0.05) is 42.5 Å². The second-order valence-corrected chi connectivity index (χ2v) is 6.11. The summed E-state index contributed by atoms with van der Waals surface area (Å²) < 4.78 is 15.8. The normalized spacial score (nSPS) is 10.1. The number of nitrogens with one attached hydrogen (secondary N) is 1. The first-order valence-electron chi connectivity index (χ1n) is 9.02. The lowest BCUT2D eigenvalue weighted by molar-refractivity contribution is -0.147. The van der Waals surface area contributed by atoms with Crippen LogP contribution < -0.4 is 14.8 Å². The number of hydrogen-bond donors (Lipinski definition) is 1. The largest absolute Gasteiger partial charge is 0.495 e. The van der Waals surface area contributed by atoms with E-state index in [0.29, 0.717) is 22.7 Å². The summed E-state index contributed by atoms with van der Waals surface area (Å²) in [7, 11) is 1.54. The Kier molecular flexibility index (Phi) is 6.84. The van der Waals surface area contributed by atoms with Crippen LogP contribution in [-0.4, -0.2) is 25.6 Å². The summed E-state index contributed by atoms with van der Waals surface area (Å²) in [5, 5.41) is 2.80. The molecule has 0 saturated heterocycles. The molecule has 29 heavy (non-hydrogen) atoms. The Hall–Kier alpha value is -3.80. The Balaban J connectivity index is 1.49. The molecule has 3 aromatic carbocycles. The zero-order chi connectivity index (χ0) is 20.5. The summed E-state index contributed by atoms with van der Waals surface area (Å²) in [5.74, 6) is 0.306. The lowest BCUT2D eigenvalue weighted by atomic mass is 10.2. The van der Waals surface area contributed by atoms with Crippen LogP contribution in [0, 0.1) is 0 Å². The first kappa shape index (κ1) is 19.9. The lowest BCUT2D eigenvalue weighted by Gasteiger charge is -2.10. The van der Waals surface area contributed by atoms with Crippen LogP contribution in [-0.2, 0) is 16.1 Å². The highest BCUT2D eigenvalue weighted by molar-refractivity contribution is 6.05. The predicted molar refractivity (Wildman–Crippen MR) is 109 cm³/mol. The molecule has 6 nitrogen and oxygen atoms in total. The molecule has 6 heteroatoms. The van der Waals surface area contributed by atoms with Gasteiger partial charge < -0.3 is 19.5 Å². The second kappa shape index (κ2) is 9.94. The van der Waals surface area contributed by atoms with Crippen LogP contribution in [0.3, 0.4) is 0 Å². The molecule has 0 atom stereocenters. The number of amides is 1. The zero-order valence-electron chi connectivity index (χ0n) is 16.0. The topological polar surface area (TPSA) is 73.9 Å². The SMILES string of the molecule is COc1ccccc1NC(=O)c1ccc(OCC(=O)OCc2ccccc2)cc1. The van der Waals surface area contributed by atoms with Crippen LogP contribution in [0.15, 0.2) is 78.9 Å². The van der Waals surface area contributed by atoms with Crippen molar-refractivity contribution in [3.63, 3.8) is 0 Å². The number of rotatable bonds is 8. The number of esters is 1. The third-order valence-corrected chi connectivity index (χ3v) is 4.07. The maximum Gasteiger partial charge on any atom is 0.344 e. The minimum Gasteiger partial charge on any atom is -0.495 e. The van der Waals surface area contributed by atoms with E-state index in [9.17, 15) is 9.59 Å². The average molecular weight is 391 g/mol. The Labute approximate surface area is 169 Å². The number of carbonyl (C=O) groups excluding carboxylic acids is 2. The molecule has 0 aliphatic heterocycles. The van der Waals surface area contributed by atoms with Crippen molar-refractivity contribution in [3.05, 3.63) is 90.0 Å². The Morgan fingerprint density at radius 3 is 2.28 bits per heavy atom. The maximum absolute atomic E-state index is 12.4. The number of carbonyl (C=O) groups is 2.